The van der Waals surface area contributed by atoms with Gasteiger partial charge in [-0.05, 0) is 32.6 Å². The number of nitrogens with zero attached hydrogens (tertiary/aromatic N) is 3. The summed E-state index contributed by atoms with van der Waals surface area (Å²) in [6.45, 7) is 9.96. The lowest BCUT2D eigenvalue weighted by Crippen LogP contribution is -2.45. The Morgan fingerprint density at radius 2 is 2.16 bits per heavy atom. The third-order valence-electron chi connectivity index (χ3n) is 4.82. The lowest BCUT2D eigenvalue weighted by Gasteiger charge is -2.37. The highest BCUT2D eigenvalue weighted by Crippen LogP contribution is 2.43. The van der Waals surface area contributed by atoms with Gasteiger partial charge in [0.25, 0.3) is 0 Å². The van der Waals surface area contributed by atoms with E-state index in [1.54, 1.807) is 13.4 Å². The van der Waals surface area contributed by atoms with Gasteiger partial charge in [-0.25, -0.2) is 9.97 Å². The molecule has 2 fully saturated rings. The molecule has 0 radical (unpaired) electrons. The van der Waals surface area contributed by atoms with Gasteiger partial charge in [0.05, 0.1) is 12.7 Å². The van der Waals surface area contributed by atoms with E-state index in [0.717, 1.165) is 36.9 Å². The summed E-state index contributed by atoms with van der Waals surface area (Å²) in [4.78, 5) is 11.1. The Morgan fingerprint density at radius 3 is 2.84 bits per heavy atom. The average molecular weight is 262 g/mol. The number of hydrogen-bond acceptors (Lipinski definition) is 5. The molecule has 1 aromatic heterocycles. The van der Waals surface area contributed by atoms with E-state index in [-0.39, 0.29) is 5.54 Å². The van der Waals surface area contributed by atoms with Crippen LogP contribution >= 0.6 is 0 Å². The van der Waals surface area contributed by atoms with Crippen LogP contribution in [0.3, 0.4) is 0 Å². The molecular formula is C14H22N4O. The Kier molecular flexibility index (Phi) is 2.89. The molecule has 0 saturated carbocycles. The summed E-state index contributed by atoms with van der Waals surface area (Å²) in [7, 11) is 1.66. The molecule has 2 unspecified atom stereocenters. The zero-order valence-electron chi connectivity index (χ0n) is 12.1. The van der Waals surface area contributed by atoms with Crippen LogP contribution in [-0.2, 0) is 0 Å². The summed E-state index contributed by atoms with van der Waals surface area (Å²) in [5, 5.41) is 3.50. The minimum Gasteiger partial charge on any atom is -0.481 e. The van der Waals surface area contributed by atoms with Crippen molar-refractivity contribution in [1.29, 1.82) is 0 Å². The van der Waals surface area contributed by atoms with E-state index in [4.69, 9.17) is 4.74 Å². The molecule has 104 valence electrons. The highest BCUT2D eigenvalue weighted by Gasteiger charge is 2.50. The van der Waals surface area contributed by atoms with Gasteiger partial charge in [-0.3, -0.25) is 0 Å². The molecule has 19 heavy (non-hydrogen) atoms. The number of methoxy groups -OCH3 is 1. The van der Waals surface area contributed by atoms with Gasteiger partial charge in [-0.15, -0.1) is 0 Å². The van der Waals surface area contributed by atoms with Crippen LogP contribution in [0, 0.1) is 18.8 Å². The minimum atomic E-state index is 0.123. The van der Waals surface area contributed by atoms with E-state index >= 15 is 0 Å². The number of anilines is 1. The monoisotopic (exact) mass is 262 g/mol. The van der Waals surface area contributed by atoms with Crippen molar-refractivity contribution in [1.82, 2.24) is 15.3 Å². The van der Waals surface area contributed by atoms with Gasteiger partial charge in [-0.2, -0.15) is 0 Å². The summed E-state index contributed by atoms with van der Waals surface area (Å²) in [6.07, 6.45) is 1.60. The van der Waals surface area contributed by atoms with Gasteiger partial charge in [0.1, 0.15) is 12.1 Å². The van der Waals surface area contributed by atoms with Gasteiger partial charge in [0, 0.05) is 25.2 Å². The van der Waals surface area contributed by atoms with Gasteiger partial charge in [0.2, 0.25) is 5.88 Å². The van der Waals surface area contributed by atoms with Crippen molar-refractivity contribution in [3.8, 4) is 5.88 Å². The van der Waals surface area contributed by atoms with Crippen molar-refractivity contribution in [2.24, 2.45) is 11.8 Å². The second kappa shape index (κ2) is 4.34. The third kappa shape index (κ3) is 1.79. The zero-order valence-corrected chi connectivity index (χ0v) is 12.1. The number of fused-ring (bicyclic) bond motifs is 1. The molecule has 5 heteroatoms. The molecule has 0 spiro atoms. The molecule has 1 aromatic rings. The Bertz CT molecular complexity index is 488. The van der Waals surface area contributed by atoms with Gasteiger partial charge in [-0.1, -0.05) is 0 Å². The van der Waals surface area contributed by atoms with Crippen molar-refractivity contribution in [2.45, 2.75) is 26.3 Å². The number of rotatable bonds is 2. The molecule has 1 N–H and O–H groups in total. The summed E-state index contributed by atoms with van der Waals surface area (Å²) < 4.78 is 5.32. The highest BCUT2D eigenvalue weighted by molar-refractivity contribution is 5.53. The van der Waals surface area contributed by atoms with Crippen molar-refractivity contribution < 1.29 is 4.74 Å². The number of hydrogen-bond donors (Lipinski definition) is 1. The second-order valence-corrected chi connectivity index (χ2v) is 6.12. The van der Waals surface area contributed by atoms with Gasteiger partial charge < -0.3 is 15.0 Å². The predicted molar refractivity (Wildman–Crippen MR) is 74.6 cm³/mol. The summed E-state index contributed by atoms with van der Waals surface area (Å²) in [6, 6.07) is 0. The van der Waals surface area contributed by atoms with Crippen LogP contribution in [0.25, 0.3) is 0 Å². The van der Waals surface area contributed by atoms with Gasteiger partial charge >= 0.3 is 0 Å². The van der Waals surface area contributed by atoms with Crippen molar-refractivity contribution in [3.05, 3.63) is 11.9 Å². The van der Waals surface area contributed by atoms with Crippen LogP contribution in [0.4, 0.5) is 5.82 Å². The molecule has 2 aliphatic rings. The van der Waals surface area contributed by atoms with Crippen LogP contribution in [0.1, 0.15) is 19.4 Å². The Balaban J connectivity index is 1.99. The van der Waals surface area contributed by atoms with E-state index in [2.05, 4.69) is 34.0 Å². The first-order valence-corrected chi connectivity index (χ1v) is 6.89. The van der Waals surface area contributed by atoms with E-state index in [9.17, 15) is 0 Å². The Hall–Kier alpha value is -1.36. The van der Waals surface area contributed by atoms with Crippen LogP contribution in [0.2, 0.25) is 0 Å². The summed E-state index contributed by atoms with van der Waals surface area (Å²) in [5.74, 6) is 3.10. The number of nitrogens with one attached hydrogen (secondary N) is 1. The maximum Gasteiger partial charge on any atom is 0.221 e. The van der Waals surface area contributed by atoms with E-state index in [1.165, 1.54) is 0 Å². The molecule has 3 rings (SSSR count). The van der Waals surface area contributed by atoms with Crippen molar-refractivity contribution >= 4 is 5.82 Å². The quantitative estimate of drug-likeness (QED) is 0.868. The van der Waals surface area contributed by atoms with Crippen molar-refractivity contribution in [3.63, 3.8) is 0 Å². The molecule has 2 aliphatic heterocycles. The molecule has 3 heterocycles. The normalized spacial score (nSPS) is 28.5. The molecule has 2 atom stereocenters. The fraction of sp³-hybridized carbons (Fsp3) is 0.714. The first kappa shape index (κ1) is 12.7. The van der Waals surface area contributed by atoms with Crippen LogP contribution in [0.15, 0.2) is 6.33 Å². The zero-order chi connectivity index (χ0) is 13.6. The number of ether oxygens (including phenoxy) is 1. The average Bonchev–Trinajstić information content (AvgIpc) is 2.93. The molecular weight excluding hydrogens is 240 g/mol. The molecule has 0 bridgehead atoms. The SMILES string of the molecule is COc1ncnc(N2CC3CNCC3C2(C)C)c1C. The smallest absolute Gasteiger partial charge is 0.221 e. The molecule has 0 amide bonds. The first-order chi connectivity index (χ1) is 9.05. The van der Waals surface area contributed by atoms with Crippen LogP contribution in [-0.4, -0.2) is 42.3 Å². The minimum absolute atomic E-state index is 0.123. The van der Waals surface area contributed by atoms with Crippen LogP contribution < -0.4 is 15.0 Å². The summed E-state index contributed by atoms with van der Waals surface area (Å²) in [5.41, 5.74) is 1.16. The van der Waals surface area contributed by atoms with E-state index < -0.39 is 0 Å². The maximum atomic E-state index is 5.32. The Labute approximate surface area is 114 Å². The molecule has 5 nitrogen and oxygen atoms in total. The fourth-order valence-corrected chi connectivity index (χ4v) is 3.68. The molecule has 0 aromatic carbocycles. The fourth-order valence-electron chi connectivity index (χ4n) is 3.68. The molecule has 0 aliphatic carbocycles. The lowest BCUT2D eigenvalue weighted by atomic mass is 9.85. The lowest BCUT2D eigenvalue weighted by molar-refractivity contribution is 0.354. The van der Waals surface area contributed by atoms with Gasteiger partial charge in [0.15, 0.2) is 0 Å². The predicted octanol–water partition coefficient (Wildman–Crippen LogP) is 1.23. The first-order valence-electron chi connectivity index (χ1n) is 6.89. The highest BCUT2D eigenvalue weighted by atomic mass is 16.5. The number of aromatic nitrogens is 2. The van der Waals surface area contributed by atoms with E-state index in [0.29, 0.717) is 11.8 Å². The van der Waals surface area contributed by atoms with Crippen LogP contribution in [0.5, 0.6) is 5.88 Å². The topological polar surface area (TPSA) is 50.3 Å². The Morgan fingerprint density at radius 1 is 1.37 bits per heavy atom. The maximum absolute atomic E-state index is 5.32. The van der Waals surface area contributed by atoms with E-state index in [1.807, 2.05) is 6.92 Å². The largest absolute Gasteiger partial charge is 0.481 e. The third-order valence-corrected chi connectivity index (χ3v) is 4.82. The summed E-state index contributed by atoms with van der Waals surface area (Å²) >= 11 is 0. The molecule has 2 saturated heterocycles. The van der Waals surface area contributed by atoms with Crippen molar-refractivity contribution in [2.75, 3.05) is 31.6 Å². The standard InChI is InChI=1S/C14H22N4O/c1-9-12(16-8-17-13(9)19-4)18-7-10-5-15-6-11(10)14(18,2)3/h8,10-11,15H,5-7H2,1-4H3. The second-order valence-electron chi connectivity index (χ2n) is 6.12.